The lowest BCUT2D eigenvalue weighted by atomic mass is 10.0. The van der Waals surface area contributed by atoms with Crippen LogP contribution in [0.4, 0.5) is 0 Å². The standard InChI is InChI=1S/C27H18ClN3O5/c1-35-17-6-4-15-11-16(25(28)30-19(15)12-17)13-31-20-7-5-14-8-10-36-24(14)22(20)21(23(31)27(33)34)18-3-2-9-29-26(18)32/h2-12H,13H2,1H3,(H,29,32)(H,33,34). The molecule has 6 rings (SSSR count). The first-order valence-corrected chi connectivity index (χ1v) is 11.4. The van der Waals surface area contributed by atoms with E-state index in [1.54, 1.807) is 42.2 Å². The predicted molar refractivity (Wildman–Crippen MR) is 137 cm³/mol. The van der Waals surface area contributed by atoms with E-state index in [1.165, 1.54) is 6.20 Å². The highest BCUT2D eigenvalue weighted by Gasteiger charge is 2.28. The Labute approximate surface area is 208 Å². The number of rotatable bonds is 5. The van der Waals surface area contributed by atoms with E-state index in [0.717, 1.165) is 10.8 Å². The second kappa shape index (κ2) is 8.28. The maximum absolute atomic E-state index is 12.8. The number of fused-ring (bicyclic) bond motifs is 4. The SMILES string of the molecule is COc1ccc2cc(Cn3c(C(=O)O)c(-c4ccc[nH]c4=O)c4c5occc5ccc43)c(Cl)nc2c1. The Balaban J connectivity index is 1.66. The number of hydrogen-bond acceptors (Lipinski definition) is 5. The van der Waals surface area contributed by atoms with Crippen molar-refractivity contribution in [3.63, 3.8) is 0 Å². The van der Waals surface area contributed by atoms with Gasteiger partial charge in [-0.3, -0.25) is 4.79 Å². The molecule has 4 heterocycles. The number of aromatic amines is 1. The van der Waals surface area contributed by atoms with Gasteiger partial charge in [0.05, 0.1) is 41.9 Å². The molecule has 6 aromatic rings. The van der Waals surface area contributed by atoms with Crippen LogP contribution in [0.5, 0.6) is 5.75 Å². The number of benzene rings is 2. The molecule has 2 N–H and O–H groups in total. The van der Waals surface area contributed by atoms with Gasteiger partial charge in [-0.25, -0.2) is 9.78 Å². The summed E-state index contributed by atoms with van der Waals surface area (Å²) >= 11 is 6.57. The molecule has 0 aliphatic carbocycles. The number of nitrogens with zero attached hydrogens (tertiary/aromatic N) is 2. The zero-order chi connectivity index (χ0) is 25.0. The third-order valence-corrected chi connectivity index (χ3v) is 6.64. The maximum atomic E-state index is 12.8. The van der Waals surface area contributed by atoms with Crippen molar-refractivity contribution in [2.75, 3.05) is 7.11 Å². The van der Waals surface area contributed by atoms with Gasteiger partial charge >= 0.3 is 5.97 Å². The molecule has 2 aromatic carbocycles. The number of nitrogens with one attached hydrogen (secondary N) is 1. The van der Waals surface area contributed by atoms with Gasteiger partial charge in [0.25, 0.3) is 5.56 Å². The van der Waals surface area contributed by atoms with Gasteiger partial charge in [-0.2, -0.15) is 0 Å². The fraction of sp³-hybridized carbons (Fsp3) is 0.0741. The Morgan fingerprint density at radius 2 is 2.00 bits per heavy atom. The molecule has 36 heavy (non-hydrogen) atoms. The van der Waals surface area contributed by atoms with Crippen LogP contribution < -0.4 is 10.3 Å². The molecule has 0 saturated carbocycles. The average Bonchev–Trinajstić information content (AvgIpc) is 3.47. The summed E-state index contributed by atoms with van der Waals surface area (Å²) in [6.07, 6.45) is 3.04. The van der Waals surface area contributed by atoms with Crippen molar-refractivity contribution < 1.29 is 19.1 Å². The Bertz CT molecular complexity index is 1880. The molecule has 178 valence electrons. The molecule has 9 heteroatoms. The first kappa shape index (κ1) is 21.9. The first-order chi connectivity index (χ1) is 17.5. The summed E-state index contributed by atoms with van der Waals surface area (Å²) in [7, 11) is 1.58. The van der Waals surface area contributed by atoms with E-state index in [1.807, 2.05) is 30.3 Å². The Hall–Kier alpha value is -4.56. The molecular formula is C27H18ClN3O5. The van der Waals surface area contributed by atoms with Gasteiger partial charge in [0.15, 0.2) is 0 Å². The summed E-state index contributed by atoms with van der Waals surface area (Å²) in [6.45, 7) is 0.114. The number of methoxy groups -OCH3 is 1. The highest BCUT2D eigenvalue weighted by Crippen LogP contribution is 2.39. The predicted octanol–water partition coefficient (Wildman–Crippen LogP) is 5.70. The Morgan fingerprint density at radius 1 is 1.17 bits per heavy atom. The van der Waals surface area contributed by atoms with Gasteiger partial charge in [0.1, 0.15) is 22.2 Å². The third-order valence-electron chi connectivity index (χ3n) is 6.32. The average molecular weight is 500 g/mol. The third kappa shape index (κ3) is 3.34. The number of ether oxygens (including phenoxy) is 1. The van der Waals surface area contributed by atoms with Gasteiger partial charge < -0.3 is 23.8 Å². The van der Waals surface area contributed by atoms with Crippen molar-refractivity contribution in [1.82, 2.24) is 14.5 Å². The number of carboxylic acids is 1. The summed E-state index contributed by atoms with van der Waals surface area (Å²) in [5.41, 5.74) is 2.46. The van der Waals surface area contributed by atoms with Crippen molar-refractivity contribution in [2.45, 2.75) is 6.54 Å². The number of aromatic nitrogens is 3. The number of carboxylic acid groups (broad SMARTS) is 1. The van der Waals surface area contributed by atoms with E-state index < -0.39 is 11.5 Å². The van der Waals surface area contributed by atoms with Crippen molar-refractivity contribution in [1.29, 1.82) is 0 Å². The van der Waals surface area contributed by atoms with Crippen LogP contribution in [0.15, 0.2) is 76.3 Å². The summed E-state index contributed by atoms with van der Waals surface area (Å²) in [6, 6.07) is 16.1. The summed E-state index contributed by atoms with van der Waals surface area (Å²) in [5, 5.41) is 12.8. The second-order valence-corrected chi connectivity index (χ2v) is 8.68. The van der Waals surface area contributed by atoms with Gasteiger partial charge in [-0.05, 0) is 48.5 Å². The molecule has 0 unspecified atom stereocenters. The second-order valence-electron chi connectivity index (χ2n) is 8.32. The lowest BCUT2D eigenvalue weighted by Gasteiger charge is -2.12. The van der Waals surface area contributed by atoms with Crippen molar-refractivity contribution in [3.8, 4) is 16.9 Å². The molecule has 0 aliphatic rings. The van der Waals surface area contributed by atoms with Crippen LogP contribution in [-0.4, -0.2) is 32.7 Å². The molecule has 0 spiro atoms. The van der Waals surface area contributed by atoms with Crippen LogP contribution >= 0.6 is 11.6 Å². The van der Waals surface area contributed by atoms with Crippen molar-refractivity contribution >= 4 is 50.3 Å². The van der Waals surface area contributed by atoms with E-state index >= 15 is 0 Å². The van der Waals surface area contributed by atoms with Gasteiger partial charge in [0, 0.05) is 34.2 Å². The minimum absolute atomic E-state index is 0.0449. The first-order valence-electron chi connectivity index (χ1n) is 11.0. The molecular weight excluding hydrogens is 482 g/mol. The van der Waals surface area contributed by atoms with E-state index in [0.29, 0.717) is 33.3 Å². The molecule has 0 radical (unpaired) electrons. The molecule has 0 bridgehead atoms. The molecule has 4 aromatic heterocycles. The summed E-state index contributed by atoms with van der Waals surface area (Å²) in [4.78, 5) is 32.7. The van der Waals surface area contributed by atoms with Crippen LogP contribution in [0.1, 0.15) is 16.1 Å². The lowest BCUT2D eigenvalue weighted by molar-refractivity contribution is 0.0687. The van der Waals surface area contributed by atoms with Crippen LogP contribution in [0.25, 0.3) is 43.9 Å². The lowest BCUT2D eigenvalue weighted by Crippen LogP contribution is -2.14. The van der Waals surface area contributed by atoms with Crippen molar-refractivity contribution in [3.05, 3.63) is 93.8 Å². The van der Waals surface area contributed by atoms with Crippen molar-refractivity contribution in [2.24, 2.45) is 0 Å². The minimum atomic E-state index is -1.18. The van der Waals surface area contributed by atoms with E-state index in [2.05, 4.69) is 9.97 Å². The number of hydrogen-bond donors (Lipinski definition) is 2. The molecule has 0 aliphatic heterocycles. The minimum Gasteiger partial charge on any atom is -0.497 e. The maximum Gasteiger partial charge on any atom is 0.353 e. The zero-order valence-electron chi connectivity index (χ0n) is 18.9. The summed E-state index contributed by atoms with van der Waals surface area (Å²) in [5.74, 6) is -0.526. The number of carbonyl (C=O) groups is 1. The molecule has 0 fully saturated rings. The van der Waals surface area contributed by atoms with E-state index in [9.17, 15) is 14.7 Å². The Morgan fingerprint density at radius 3 is 2.78 bits per heavy atom. The molecule has 8 nitrogen and oxygen atoms in total. The smallest absolute Gasteiger partial charge is 0.353 e. The van der Waals surface area contributed by atoms with E-state index in [-0.39, 0.29) is 28.5 Å². The fourth-order valence-electron chi connectivity index (χ4n) is 4.70. The number of halogens is 1. The normalized spacial score (nSPS) is 11.5. The largest absolute Gasteiger partial charge is 0.497 e. The number of furan rings is 1. The highest BCUT2D eigenvalue weighted by atomic mass is 35.5. The Kier molecular flexibility index (Phi) is 5.05. The molecule has 0 saturated heterocycles. The van der Waals surface area contributed by atoms with Crippen LogP contribution in [0.2, 0.25) is 5.15 Å². The fourth-order valence-corrected chi connectivity index (χ4v) is 4.91. The molecule has 0 atom stereocenters. The monoisotopic (exact) mass is 499 g/mol. The topological polar surface area (TPSA) is 110 Å². The van der Waals surface area contributed by atoms with E-state index in [4.69, 9.17) is 20.8 Å². The van der Waals surface area contributed by atoms with Gasteiger partial charge in [-0.15, -0.1) is 0 Å². The number of pyridine rings is 2. The quantitative estimate of drug-likeness (QED) is 0.294. The van der Waals surface area contributed by atoms with Gasteiger partial charge in [-0.1, -0.05) is 11.6 Å². The molecule has 0 amide bonds. The van der Waals surface area contributed by atoms with Crippen LogP contribution in [0.3, 0.4) is 0 Å². The highest BCUT2D eigenvalue weighted by molar-refractivity contribution is 6.30. The van der Waals surface area contributed by atoms with Crippen LogP contribution in [0, 0.1) is 0 Å². The zero-order valence-corrected chi connectivity index (χ0v) is 19.7. The number of aromatic carboxylic acids is 1. The summed E-state index contributed by atoms with van der Waals surface area (Å²) < 4.78 is 12.7. The van der Waals surface area contributed by atoms with Crippen LogP contribution in [-0.2, 0) is 6.54 Å². The van der Waals surface area contributed by atoms with Gasteiger partial charge in [0.2, 0.25) is 0 Å². The number of H-pyrrole nitrogens is 1.